The first-order valence-corrected chi connectivity index (χ1v) is 4.92. The van der Waals surface area contributed by atoms with Gasteiger partial charge in [-0.1, -0.05) is 0 Å². The Morgan fingerprint density at radius 2 is 1.75 bits per heavy atom. The van der Waals surface area contributed by atoms with E-state index in [2.05, 4.69) is 0 Å². The number of carbonyl (C=O) groups is 1. The molecular weight excluding hydrogens is 152 g/mol. The third kappa shape index (κ3) is 0.764. The van der Waals surface area contributed by atoms with Gasteiger partial charge in [0.2, 0.25) is 0 Å². The summed E-state index contributed by atoms with van der Waals surface area (Å²) in [7, 11) is 0. The molecule has 2 nitrogen and oxygen atoms in total. The molecule has 0 spiro atoms. The normalized spacial score (nSPS) is 56.4. The molecule has 0 aromatic rings. The van der Waals surface area contributed by atoms with Gasteiger partial charge in [0.1, 0.15) is 5.78 Å². The topological polar surface area (TPSA) is 37.3 Å². The quantitative estimate of drug-likeness (QED) is 0.585. The van der Waals surface area contributed by atoms with E-state index in [-0.39, 0.29) is 11.8 Å². The average Bonchev–Trinajstić information content (AvgIpc) is 1.96. The Bertz CT molecular complexity index is 228. The molecule has 0 aromatic carbocycles. The van der Waals surface area contributed by atoms with Crippen molar-refractivity contribution in [2.75, 3.05) is 0 Å². The molecule has 2 heteroatoms. The summed E-state index contributed by atoms with van der Waals surface area (Å²) < 4.78 is 0. The van der Waals surface area contributed by atoms with Gasteiger partial charge in [0, 0.05) is 11.8 Å². The zero-order chi connectivity index (χ0) is 8.34. The zero-order valence-corrected chi connectivity index (χ0v) is 7.12. The van der Waals surface area contributed by atoms with Crippen molar-refractivity contribution in [2.45, 2.75) is 37.7 Å². The summed E-state index contributed by atoms with van der Waals surface area (Å²) in [5.74, 6) is 1.56. The van der Waals surface area contributed by atoms with Crippen LogP contribution in [0.5, 0.6) is 0 Å². The Balaban J connectivity index is 2.00. The Kier molecular flexibility index (Phi) is 1.13. The minimum Gasteiger partial charge on any atom is -0.390 e. The van der Waals surface area contributed by atoms with Gasteiger partial charge in [0.25, 0.3) is 0 Å². The molecule has 4 bridgehead atoms. The standard InChI is InChI=1S/C10H14O2/c11-9-7-1-6-2-8(9)5-10(12,3-6)4-7/h6-8,12H,1-5H2/t6?,7-,8-,10?/m0/s1. The summed E-state index contributed by atoms with van der Waals surface area (Å²) in [6.07, 6.45) is 4.63. The summed E-state index contributed by atoms with van der Waals surface area (Å²) >= 11 is 0. The number of rotatable bonds is 0. The second kappa shape index (κ2) is 1.92. The van der Waals surface area contributed by atoms with Gasteiger partial charge in [-0.25, -0.2) is 0 Å². The van der Waals surface area contributed by atoms with Crippen LogP contribution in [0, 0.1) is 17.8 Å². The van der Waals surface area contributed by atoms with Crippen LogP contribution < -0.4 is 0 Å². The summed E-state index contributed by atoms with van der Waals surface area (Å²) in [4.78, 5) is 11.6. The molecule has 4 saturated carbocycles. The van der Waals surface area contributed by atoms with E-state index in [9.17, 15) is 9.90 Å². The summed E-state index contributed by atoms with van der Waals surface area (Å²) in [6.45, 7) is 0. The van der Waals surface area contributed by atoms with Crippen LogP contribution in [0.25, 0.3) is 0 Å². The van der Waals surface area contributed by atoms with Gasteiger partial charge >= 0.3 is 0 Å². The van der Waals surface area contributed by atoms with Gasteiger partial charge in [0.05, 0.1) is 5.60 Å². The molecule has 0 heterocycles. The molecule has 2 atom stereocenters. The van der Waals surface area contributed by atoms with E-state index >= 15 is 0 Å². The molecule has 0 aromatic heterocycles. The highest BCUT2D eigenvalue weighted by atomic mass is 16.3. The molecule has 0 saturated heterocycles. The lowest BCUT2D eigenvalue weighted by Gasteiger charge is -2.53. The molecule has 0 radical (unpaired) electrons. The van der Waals surface area contributed by atoms with Gasteiger partial charge in [0.15, 0.2) is 0 Å². The van der Waals surface area contributed by atoms with E-state index in [0.717, 1.165) is 32.1 Å². The van der Waals surface area contributed by atoms with Gasteiger partial charge in [-0.15, -0.1) is 0 Å². The van der Waals surface area contributed by atoms with Crippen LogP contribution in [0.4, 0.5) is 0 Å². The van der Waals surface area contributed by atoms with Crippen LogP contribution in [-0.4, -0.2) is 16.5 Å². The molecule has 66 valence electrons. The van der Waals surface area contributed by atoms with E-state index < -0.39 is 5.60 Å². The van der Waals surface area contributed by atoms with E-state index in [1.54, 1.807) is 0 Å². The fourth-order valence-corrected chi connectivity index (χ4v) is 3.71. The van der Waals surface area contributed by atoms with Crippen molar-refractivity contribution in [3.63, 3.8) is 0 Å². The molecule has 0 amide bonds. The van der Waals surface area contributed by atoms with Crippen molar-refractivity contribution < 1.29 is 9.90 Å². The maximum absolute atomic E-state index is 11.6. The van der Waals surface area contributed by atoms with Crippen molar-refractivity contribution in [1.82, 2.24) is 0 Å². The first-order valence-electron chi connectivity index (χ1n) is 4.92. The van der Waals surface area contributed by atoms with Crippen LogP contribution >= 0.6 is 0 Å². The maximum atomic E-state index is 11.6. The maximum Gasteiger partial charge on any atom is 0.139 e. The number of aliphatic hydroxyl groups is 1. The Hall–Kier alpha value is -0.370. The Morgan fingerprint density at radius 3 is 2.25 bits per heavy atom. The number of ketones is 1. The minimum absolute atomic E-state index is 0.223. The van der Waals surface area contributed by atoms with Crippen LogP contribution in [0.3, 0.4) is 0 Å². The minimum atomic E-state index is -0.440. The highest BCUT2D eigenvalue weighted by Gasteiger charge is 2.54. The third-order valence-corrected chi connectivity index (χ3v) is 3.96. The van der Waals surface area contributed by atoms with Crippen LogP contribution in [-0.2, 0) is 4.79 Å². The highest BCUT2D eigenvalue weighted by Crippen LogP contribution is 2.53. The largest absolute Gasteiger partial charge is 0.390 e. The fraction of sp³-hybridized carbons (Fsp3) is 0.900. The first-order chi connectivity index (χ1) is 5.66. The van der Waals surface area contributed by atoms with E-state index in [1.807, 2.05) is 0 Å². The molecule has 4 rings (SSSR count). The van der Waals surface area contributed by atoms with Crippen molar-refractivity contribution in [1.29, 1.82) is 0 Å². The molecule has 1 N–H and O–H groups in total. The number of Topliss-reactive ketones (excluding diaryl/α,β-unsaturated/α-hetero) is 1. The number of hydrogen-bond acceptors (Lipinski definition) is 2. The van der Waals surface area contributed by atoms with Crippen LogP contribution in [0.15, 0.2) is 0 Å². The molecule has 4 aliphatic rings. The molecule has 0 unspecified atom stereocenters. The lowest BCUT2D eigenvalue weighted by Crippen LogP contribution is -2.54. The van der Waals surface area contributed by atoms with Crippen molar-refractivity contribution in [3.8, 4) is 0 Å². The average molecular weight is 166 g/mol. The van der Waals surface area contributed by atoms with Gasteiger partial charge in [-0.2, -0.15) is 0 Å². The second-order valence-corrected chi connectivity index (χ2v) is 4.97. The lowest BCUT2D eigenvalue weighted by atomic mass is 9.54. The molecule has 12 heavy (non-hydrogen) atoms. The second-order valence-electron chi connectivity index (χ2n) is 4.97. The lowest BCUT2D eigenvalue weighted by molar-refractivity contribution is -0.161. The van der Waals surface area contributed by atoms with Gasteiger partial charge in [-0.05, 0) is 38.0 Å². The zero-order valence-electron chi connectivity index (χ0n) is 7.12. The third-order valence-electron chi connectivity index (χ3n) is 3.96. The monoisotopic (exact) mass is 166 g/mol. The SMILES string of the molecule is O=C1[C@H]2CC3C[C@H]1CC(O)(C3)C2. The predicted molar refractivity (Wildman–Crippen MR) is 43.5 cm³/mol. The number of hydrogen-bond donors (Lipinski definition) is 1. The molecular formula is C10H14O2. The van der Waals surface area contributed by atoms with E-state index in [0.29, 0.717) is 11.7 Å². The molecule has 4 aliphatic carbocycles. The highest BCUT2D eigenvalue weighted by molar-refractivity contribution is 5.85. The smallest absolute Gasteiger partial charge is 0.139 e. The van der Waals surface area contributed by atoms with Crippen molar-refractivity contribution in [3.05, 3.63) is 0 Å². The Labute approximate surface area is 72.0 Å². The van der Waals surface area contributed by atoms with Crippen molar-refractivity contribution in [2.24, 2.45) is 17.8 Å². The molecule has 4 fully saturated rings. The Morgan fingerprint density at radius 1 is 1.17 bits per heavy atom. The van der Waals surface area contributed by atoms with E-state index in [1.165, 1.54) is 0 Å². The first kappa shape index (κ1) is 7.07. The molecule has 0 aliphatic heterocycles. The summed E-state index contributed by atoms with van der Waals surface area (Å²) in [5.41, 5.74) is -0.440. The van der Waals surface area contributed by atoms with Gasteiger partial charge < -0.3 is 5.11 Å². The summed E-state index contributed by atoms with van der Waals surface area (Å²) in [6, 6.07) is 0. The van der Waals surface area contributed by atoms with Crippen molar-refractivity contribution >= 4 is 5.78 Å². The van der Waals surface area contributed by atoms with Crippen LogP contribution in [0.2, 0.25) is 0 Å². The van der Waals surface area contributed by atoms with E-state index in [4.69, 9.17) is 0 Å². The number of carbonyl (C=O) groups excluding carboxylic acids is 1. The van der Waals surface area contributed by atoms with Crippen LogP contribution in [0.1, 0.15) is 32.1 Å². The summed E-state index contributed by atoms with van der Waals surface area (Å²) in [5, 5.41) is 10.1. The van der Waals surface area contributed by atoms with Gasteiger partial charge in [-0.3, -0.25) is 4.79 Å². The fourth-order valence-electron chi connectivity index (χ4n) is 3.71. The predicted octanol–water partition coefficient (Wildman–Crippen LogP) is 1.13.